The zero-order valence-corrected chi connectivity index (χ0v) is 12.8. The Kier molecular flexibility index (Phi) is 5.33. The van der Waals surface area contributed by atoms with Gasteiger partial charge in [0.15, 0.2) is 0 Å². The first-order chi connectivity index (χ1) is 10.00. The summed E-state index contributed by atoms with van der Waals surface area (Å²) in [6, 6.07) is 7.17. The number of amides is 1. The highest BCUT2D eigenvalue weighted by molar-refractivity contribution is 7.88. The molecule has 1 aromatic rings. The second-order valence-electron chi connectivity index (χ2n) is 5.00. The number of ether oxygens (including phenoxy) is 1. The van der Waals surface area contributed by atoms with Crippen LogP contribution in [0.2, 0.25) is 0 Å². The molecule has 21 heavy (non-hydrogen) atoms. The lowest BCUT2D eigenvalue weighted by Crippen LogP contribution is -2.33. The maximum Gasteiger partial charge on any atom is 0.249 e. The number of hydrogen-bond donors (Lipinski definition) is 2. The lowest BCUT2D eigenvalue weighted by atomic mass is 10.1. The van der Waals surface area contributed by atoms with E-state index in [4.69, 9.17) is 4.74 Å². The van der Waals surface area contributed by atoms with Gasteiger partial charge in [0.2, 0.25) is 15.9 Å². The van der Waals surface area contributed by atoms with Crippen molar-refractivity contribution < 1.29 is 17.9 Å². The molecule has 7 heteroatoms. The summed E-state index contributed by atoms with van der Waals surface area (Å²) in [5, 5.41) is 2.82. The summed E-state index contributed by atoms with van der Waals surface area (Å²) in [5.41, 5.74) is 1.55. The van der Waals surface area contributed by atoms with Crippen LogP contribution in [0.4, 0.5) is 0 Å². The summed E-state index contributed by atoms with van der Waals surface area (Å²) in [4.78, 5) is 11.8. The number of carbonyl (C=O) groups excluding carboxylic acids is 1. The SMILES string of the molecule is CNS(=O)(=O)Cc1cccc(CNC(=O)C2CCCO2)c1. The molecule has 1 amide bonds. The predicted octanol–water partition coefficient (Wildman–Crippen LogP) is 0.531. The average molecular weight is 312 g/mol. The Morgan fingerprint density at radius 2 is 2.14 bits per heavy atom. The topological polar surface area (TPSA) is 84.5 Å². The molecule has 116 valence electrons. The average Bonchev–Trinajstić information content (AvgIpc) is 2.99. The number of sulfonamides is 1. The molecule has 6 nitrogen and oxygen atoms in total. The number of hydrogen-bond acceptors (Lipinski definition) is 4. The van der Waals surface area contributed by atoms with E-state index >= 15 is 0 Å². The van der Waals surface area contributed by atoms with Gasteiger partial charge in [0.05, 0.1) is 5.75 Å². The van der Waals surface area contributed by atoms with Crippen LogP contribution in [-0.2, 0) is 31.9 Å². The molecule has 0 bridgehead atoms. The molecule has 1 aliphatic heterocycles. The summed E-state index contributed by atoms with van der Waals surface area (Å²) >= 11 is 0. The molecule has 2 rings (SSSR count). The van der Waals surface area contributed by atoms with Crippen LogP contribution in [-0.4, -0.2) is 34.1 Å². The third-order valence-corrected chi connectivity index (χ3v) is 4.68. The van der Waals surface area contributed by atoms with E-state index in [2.05, 4.69) is 10.0 Å². The first-order valence-corrected chi connectivity index (χ1v) is 8.54. The largest absolute Gasteiger partial charge is 0.368 e. The van der Waals surface area contributed by atoms with Gasteiger partial charge in [-0.15, -0.1) is 0 Å². The van der Waals surface area contributed by atoms with Gasteiger partial charge in [-0.2, -0.15) is 0 Å². The number of nitrogens with one attached hydrogen (secondary N) is 2. The van der Waals surface area contributed by atoms with E-state index in [1.54, 1.807) is 18.2 Å². The zero-order chi connectivity index (χ0) is 15.3. The third kappa shape index (κ3) is 4.80. The first-order valence-electron chi connectivity index (χ1n) is 6.88. The normalized spacial score (nSPS) is 18.6. The summed E-state index contributed by atoms with van der Waals surface area (Å²) in [7, 11) is -1.90. The molecule has 1 heterocycles. The zero-order valence-electron chi connectivity index (χ0n) is 12.0. The minimum absolute atomic E-state index is 0.0724. The van der Waals surface area contributed by atoms with Crippen molar-refractivity contribution in [3.8, 4) is 0 Å². The fraction of sp³-hybridized carbons (Fsp3) is 0.500. The number of rotatable bonds is 6. The molecule has 1 fully saturated rings. The molecule has 0 aromatic heterocycles. The van der Waals surface area contributed by atoms with Gasteiger partial charge in [-0.05, 0) is 31.0 Å². The van der Waals surface area contributed by atoms with Crippen molar-refractivity contribution in [1.82, 2.24) is 10.0 Å². The number of benzene rings is 1. The van der Waals surface area contributed by atoms with Crippen molar-refractivity contribution in [1.29, 1.82) is 0 Å². The molecular formula is C14H20N2O4S. The van der Waals surface area contributed by atoms with Gasteiger partial charge in [-0.3, -0.25) is 4.79 Å². The molecule has 2 N–H and O–H groups in total. The Bertz CT molecular complexity index is 595. The molecule has 0 spiro atoms. The van der Waals surface area contributed by atoms with Crippen LogP contribution >= 0.6 is 0 Å². The van der Waals surface area contributed by atoms with Crippen molar-refractivity contribution in [3.63, 3.8) is 0 Å². The summed E-state index contributed by atoms with van der Waals surface area (Å²) in [6.07, 6.45) is 1.32. The van der Waals surface area contributed by atoms with E-state index in [0.29, 0.717) is 18.7 Å². The van der Waals surface area contributed by atoms with Crippen LogP contribution in [0.1, 0.15) is 24.0 Å². The van der Waals surface area contributed by atoms with Crippen LogP contribution in [0.3, 0.4) is 0 Å². The van der Waals surface area contributed by atoms with Crippen molar-refractivity contribution >= 4 is 15.9 Å². The van der Waals surface area contributed by atoms with Crippen molar-refractivity contribution in [2.75, 3.05) is 13.7 Å². The Morgan fingerprint density at radius 1 is 1.38 bits per heavy atom. The molecule has 1 saturated heterocycles. The maximum atomic E-state index is 11.8. The third-order valence-electron chi connectivity index (χ3n) is 3.35. The quantitative estimate of drug-likeness (QED) is 0.802. The fourth-order valence-electron chi connectivity index (χ4n) is 2.21. The van der Waals surface area contributed by atoms with Gasteiger partial charge in [-0.25, -0.2) is 13.1 Å². The molecule has 1 aromatic carbocycles. The van der Waals surface area contributed by atoms with E-state index in [-0.39, 0.29) is 17.8 Å². The highest BCUT2D eigenvalue weighted by Gasteiger charge is 2.23. The van der Waals surface area contributed by atoms with E-state index in [0.717, 1.165) is 18.4 Å². The molecule has 0 aliphatic carbocycles. The van der Waals surface area contributed by atoms with Gasteiger partial charge >= 0.3 is 0 Å². The Labute approximate surface area is 124 Å². The standard InChI is InChI=1S/C14H20N2O4S/c1-15-21(18,19)10-12-5-2-4-11(8-12)9-16-14(17)13-6-3-7-20-13/h2,4-5,8,13,15H,3,6-7,9-10H2,1H3,(H,16,17). The van der Waals surface area contributed by atoms with Crippen molar-refractivity contribution in [3.05, 3.63) is 35.4 Å². The van der Waals surface area contributed by atoms with Crippen molar-refractivity contribution in [2.45, 2.75) is 31.2 Å². The van der Waals surface area contributed by atoms with E-state index in [1.807, 2.05) is 6.07 Å². The highest BCUT2D eigenvalue weighted by Crippen LogP contribution is 2.13. The van der Waals surface area contributed by atoms with Gasteiger partial charge < -0.3 is 10.1 Å². The predicted molar refractivity (Wildman–Crippen MR) is 78.9 cm³/mol. The second kappa shape index (κ2) is 7.02. The highest BCUT2D eigenvalue weighted by atomic mass is 32.2. The summed E-state index contributed by atoms with van der Waals surface area (Å²) in [6.45, 7) is 1.00. The smallest absolute Gasteiger partial charge is 0.249 e. The van der Waals surface area contributed by atoms with Gasteiger partial charge in [0, 0.05) is 13.2 Å². The molecule has 0 saturated carbocycles. The minimum Gasteiger partial charge on any atom is -0.368 e. The lowest BCUT2D eigenvalue weighted by Gasteiger charge is -2.11. The van der Waals surface area contributed by atoms with Crippen LogP contribution < -0.4 is 10.0 Å². The van der Waals surface area contributed by atoms with Crippen LogP contribution in [0.25, 0.3) is 0 Å². The van der Waals surface area contributed by atoms with Gasteiger partial charge in [0.25, 0.3) is 0 Å². The summed E-state index contributed by atoms with van der Waals surface area (Å²) < 4.78 is 30.6. The molecule has 1 aliphatic rings. The van der Waals surface area contributed by atoms with E-state index < -0.39 is 10.0 Å². The maximum absolute atomic E-state index is 11.8. The molecule has 1 atom stereocenters. The van der Waals surface area contributed by atoms with Gasteiger partial charge in [0.1, 0.15) is 6.10 Å². The molecule has 0 radical (unpaired) electrons. The fourth-order valence-corrected chi connectivity index (χ4v) is 2.97. The number of carbonyl (C=O) groups is 1. The second-order valence-corrected chi connectivity index (χ2v) is 6.93. The monoisotopic (exact) mass is 312 g/mol. The lowest BCUT2D eigenvalue weighted by molar-refractivity contribution is -0.130. The van der Waals surface area contributed by atoms with Gasteiger partial charge in [-0.1, -0.05) is 24.3 Å². The van der Waals surface area contributed by atoms with Crippen LogP contribution in [0, 0.1) is 0 Å². The molecule has 1 unspecified atom stereocenters. The van der Waals surface area contributed by atoms with E-state index in [9.17, 15) is 13.2 Å². The minimum atomic E-state index is -3.29. The summed E-state index contributed by atoms with van der Waals surface area (Å²) in [5.74, 6) is -0.183. The van der Waals surface area contributed by atoms with Crippen LogP contribution in [0.15, 0.2) is 24.3 Å². The Hall–Kier alpha value is -1.44. The van der Waals surface area contributed by atoms with Crippen LogP contribution in [0.5, 0.6) is 0 Å². The van der Waals surface area contributed by atoms with E-state index in [1.165, 1.54) is 7.05 Å². The Morgan fingerprint density at radius 3 is 2.81 bits per heavy atom. The molecular weight excluding hydrogens is 292 g/mol. The first kappa shape index (κ1) is 15.9. The Balaban J connectivity index is 1.93. The van der Waals surface area contributed by atoms with Crippen molar-refractivity contribution in [2.24, 2.45) is 0 Å².